The number of anilines is 2. The van der Waals surface area contributed by atoms with Crippen LogP contribution in [0.1, 0.15) is 17.3 Å². The molecular formula is C18H23N5O. The summed E-state index contributed by atoms with van der Waals surface area (Å²) < 4.78 is 0. The van der Waals surface area contributed by atoms with Crippen LogP contribution < -0.4 is 4.90 Å². The first-order chi connectivity index (χ1) is 11.7. The van der Waals surface area contributed by atoms with Crippen LogP contribution in [0.3, 0.4) is 0 Å². The molecule has 0 N–H and O–H groups in total. The second kappa shape index (κ2) is 7.40. The van der Waals surface area contributed by atoms with Crippen LogP contribution in [0.5, 0.6) is 0 Å². The van der Waals surface area contributed by atoms with E-state index in [1.807, 2.05) is 40.1 Å². The number of carbonyl (C=O) groups excluding carboxylic acids is 1. The summed E-state index contributed by atoms with van der Waals surface area (Å²) >= 11 is 0. The van der Waals surface area contributed by atoms with E-state index in [0.717, 1.165) is 38.4 Å². The Morgan fingerprint density at radius 1 is 1.08 bits per heavy atom. The molecule has 24 heavy (non-hydrogen) atoms. The Hall–Kier alpha value is -2.47. The summed E-state index contributed by atoms with van der Waals surface area (Å²) in [6, 6.07) is 10.0. The van der Waals surface area contributed by atoms with Gasteiger partial charge in [0.2, 0.25) is 5.95 Å². The minimum atomic E-state index is 0.0115. The van der Waals surface area contributed by atoms with E-state index in [1.54, 1.807) is 12.4 Å². The Morgan fingerprint density at radius 2 is 1.71 bits per heavy atom. The Bertz CT molecular complexity index is 666. The van der Waals surface area contributed by atoms with Crippen molar-refractivity contribution in [1.29, 1.82) is 0 Å². The monoisotopic (exact) mass is 325 g/mol. The predicted octanol–water partition coefficient (Wildman–Crippen LogP) is 2.02. The second-order valence-corrected chi connectivity index (χ2v) is 5.95. The molecule has 1 aliphatic heterocycles. The van der Waals surface area contributed by atoms with Crippen LogP contribution in [0.25, 0.3) is 0 Å². The van der Waals surface area contributed by atoms with Crippen molar-refractivity contribution in [3.05, 3.63) is 48.3 Å². The molecular weight excluding hydrogens is 302 g/mol. The number of rotatable bonds is 4. The summed E-state index contributed by atoms with van der Waals surface area (Å²) in [7, 11) is 2.07. The Kier molecular flexibility index (Phi) is 5.05. The summed E-state index contributed by atoms with van der Waals surface area (Å²) in [5.41, 5.74) is 1.59. The summed E-state index contributed by atoms with van der Waals surface area (Å²) in [5, 5.41) is 0. The van der Waals surface area contributed by atoms with E-state index >= 15 is 0 Å². The molecule has 126 valence electrons. The number of aromatic nitrogens is 2. The third kappa shape index (κ3) is 3.54. The fourth-order valence-corrected chi connectivity index (χ4v) is 2.81. The molecule has 0 saturated carbocycles. The minimum Gasteiger partial charge on any atom is -0.336 e. The van der Waals surface area contributed by atoms with E-state index in [0.29, 0.717) is 11.5 Å². The number of hydrogen-bond donors (Lipinski definition) is 0. The van der Waals surface area contributed by atoms with Crippen molar-refractivity contribution in [3.8, 4) is 0 Å². The molecule has 1 aromatic carbocycles. The first kappa shape index (κ1) is 16.4. The van der Waals surface area contributed by atoms with Crippen molar-refractivity contribution >= 4 is 17.5 Å². The highest BCUT2D eigenvalue weighted by molar-refractivity contribution is 5.93. The summed E-state index contributed by atoms with van der Waals surface area (Å²) in [6.07, 6.45) is 3.27. The third-order valence-corrected chi connectivity index (χ3v) is 4.30. The van der Waals surface area contributed by atoms with E-state index in [4.69, 9.17) is 0 Å². The quantitative estimate of drug-likeness (QED) is 0.861. The first-order valence-electron chi connectivity index (χ1n) is 8.31. The van der Waals surface area contributed by atoms with Gasteiger partial charge in [0.25, 0.3) is 5.91 Å². The van der Waals surface area contributed by atoms with E-state index in [2.05, 4.69) is 28.8 Å². The van der Waals surface area contributed by atoms with Crippen LogP contribution in [0.4, 0.5) is 11.6 Å². The van der Waals surface area contributed by atoms with Gasteiger partial charge in [-0.1, -0.05) is 18.2 Å². The van der Waals surface area contributed by atoms with Crippen LogP contribution >= 0.6 is 0 Å². The van der Waals surface area contributed by atoms with Crippen molar-refractivity contribution in [3.63, 3.8) is 0 Å². The standard InChI is InChI=1S/C18H23N5O/c1-3-23(16-7-5-4-6-8-16)18-19-13-15(14-20-18)17(24)22-11-9-21(2)10-12-22/h4-8,13-14H,3,9-12H2,1-2H3. The summed E-state index contributed by atoms with van der Waals surface area (Å²) in [5.74, 6) is 0.621. The highest BCUT2D eigenvalue weighted by Gasteiger charge is 2.21. The average molecular weight is 325 g/mol. The number of benzene rings is 1. The topological polar surface area (TPSA) is 52.6 Å². The molecule has 3 rings (SSSR count). The van der Waals surface area contributed by atoms with Crippen LogP contribution in [-0.4, -0.2) is 65.4 Å². The second-order valence-electron chi connectivity index (χ2n) is 5.95. The van der Waals surface area contributed by atoms with Gasteiger partial charge in [0.1, 0.15) is 0 Å². The number of piperazine rings is 1. The normalized spacial score (nSPS) is 15.3. The smallest absolute Gasteiger partial charge is 0.257 e. The van der Waals surface area contributed by atoms with Gasteiger partial charge >= 0.3 is 0 Å². The van der Waals surface area contributed by atoms with Gasteiger partial charge in [-0.05, 0) is 26.1 Å². The molecule has 1 saturated heterocycles. The molecule has 0 bridgehead atoms. The van der Waals surface area contributed by atoms with Crippen molar-refractivity contribution in [2.45, 2.75) is 6.92 Å². The molecule has 1 amide bonds. The zero-order chi connectivity index (χ0) is 16.9. The summed E-state index contributed by atoms with van der Waals surface area (Å²) in [4.78, 5) is 27.5. The van der Waals surface area contributed by atoms with Crippen LogP contribution in [-0.2, 0) is 0 Å². The number of hydrogen-bond acceptors (Lipinski definition) is 5. The molecule has 2 heterocycles. The van der Waals surface area contributed by atoms with Gasteiger partial charge in [0.05, 0.1) is 5.56 Å². The highest BCUT2D eigenvalue weighted by atomic mass is 16.2. The Labute approximate surface area is 142 Å². The maximum atomic E-state index is 12.5. The van der Waals surface area contributed by atoms with Crippen LogP contribution in [0.2, 0.25) is 0 Å². The lowest BCUT2D eigenvalue weighted by atomic mass is 10.2. The molecule has 0 unspecified atom stereocenters. The van der Waals surface area contributed by atoms with E-state index in [-0.39, 0.29) is 5.91 Å². The van der Waals surface area contributed by atoms with Gasteiger partial charge in [0.15, 0.2) is 0 Å². The van der Waals surface area contributed by atoms with Gasteiger partial charge in [-0.3, -0.25) is 4.79 Å². The van der Waals surface area contributed by atoms with Crippen molar-refractivity contribution < 1.29 is 4.79 Å². The maximum absolute atomic E-state index is 12.5. The highest BCUT2D eigenvalue weighted by Crippen LogP contribution is 2.21. The lowest BCUT2D eigenvalue weighted by Gasteiger charge is -2.32. The number of nitrogens with zero attached hydrogens (tertiary/aromatic N) is 5. The Balaban J connectivity index is 1.74. The average Bonchev–Trinajstić information content (AvgIpc) is 2.64. The number of para-hydroxylation sites is 1. The predicted molar refractivity (Wildman–Crippen MR) is 94.6 cm³/mol. The van der Waals surface area contributed by atoms with E-state index in [1.165, 1.54) is 0 Å². The fourth-order valence-electron chi connectivity index (χ4n) is 2.81. The van der Waals surface area contributed by atoms with Crippen molar-refractivity contribution in [2.75, 3.05) is 44.7 Å². The third-order valence-electron chi connectivity index (χ3n) is 4.30. The van der Waals surface area contributed by atoms with Gasteiger partial charge in [-0.2, -0.15) is 0 Å². The van der Waals surface area contributed by atoms with Crippen molar-refractivity contribution in [1.82, 2.24) is 19.8 Å². The SMILES string of the molecule is CCN(c1ccccc1)c1ncc(C(=O)N2CCN(C)CC2)cn1. The molecule has 0 spiro atoms. The Morgan fingerprint density at radius 3 is 2.29 bits per heavy atom. The van der Waals surface area contributed by atoms with Gasteiger partial charge in [-0.25, -0.2) is 9.97 Å². The fraction of sp³-hybridized carbons (Fsp3) is 0.389. The number of likely N-dealkylation sites (N-methyl/N-ethyl adjacent to an activating group) is 1. The molecule has 6 heteroatoms. The van der Waals surface area contributed by atoms with Gasteiger partial charge in [-0.15, -0.1) is 0 Å². The molecule has 2 aromatic rings. The maximum Gasteiger partial charge on any atom is 0.257 e. The van der Waals surface area contributed by atoms with Gasteiger partial charge < -0.3 is 14.7 Å². The molecule has 1 fully saturated rings. The van der Waals surface area contributed by atoms with Gasteiger partial charge in [0, 0.05) is 50.8 Å². The number of carbonyl (C=O) groups is 1. The molecule has 6 nitrogen and oxygen atoms in total. The lowest BCUT2D eigenvalue weighted by Crippen LogP contribution is -2.47. The summed E-state index contributed by atoms with van der Waals surface area (Å²) in [6.45, 7) is 6.13. The molecule has 1 aliphatic rings. The van der Waals surface area contributed by atoms with Crippen LogP contribution in [0.15, 0.2) is 42.7 Å². The zero-order valence-corrected chi connectivity index (χ0v) is 14.2. The molecule has 0 radical (unpaired) electrons. The molecule has 1 aromatic heterocycles. The number of amides is 1. The zero-order valence-electron chi connectivity index (χ0n) is 14.2. The largest absolute Gasteiger partial charge is 0.336 e. The molecule has 0 atom stereocenters. The minimum absolute atomic E-state index is 0.0115. The van der Waals surface area contributed by atoms with Crippen LogP contribution in [0, 0.1) is 0 Å². The van der Waals surface area contributed by atoms with E-state index in [9.17, 15) is 4.79 Å². The first-order valence-corrected chi connectivity index (χ1v) is 8.31. The van der Waals surface area contributed by atoms with Crippen molar-refractivity contribution in [2.24, 2.45) is 0 Å². The van der Waals surface area contributed by atoms with E-state index < -0.39 is 0 Å². The lowest BCUT2D eigenvalue weighted by molar-refractivity contribution is 0.0663. The molecule has 0 aliphatic carbocycles.